The van der Waals surface area contributed by atoms with Gasteiger partial charge >= 0.3 is 11.7 Å². The normalized spacial score (nSPS) is 20.6. The maximum Gasteiger partial charge on any atom is 0.329 e. The summed E-state index contributed by atoms with van der Waals surface area (Å²) in [5.41, 5.74) is -0.691. The van der Waals surface area contributed by atoms with Gasteiger partial charge in [-0.05, 0) is 43.9 Å². The smallest absolute Gasteiger partial charge is 0.329 e. The number of carbonyl (C=O) groups excluding carboxylic acids is 1. The van der Waals surface area contributed by atoms with Crippen LogP contribution in [0.4, 0.5) is 9.18 Å². The molecule has 150 valence electrons. The van der Waals surface area contributed by atoms with Crippen LogP contribution in [0.5, 0.6) is 0 Å². The average molecular weight is 390 g/mol. The van der Waals surface area contributed by atoms with Gasteiger partial charge in [0.1, 0.15) is 5.82 Å². The van der Waals surface area contributed by atoms with Crippen LogP contribution in [0.25, 0.3) is 10.9 Å². The number of amides is 2. The number of aromatic amines is 1. The molecule has 0 aliphatic carbocycles. The van der Waals surface area contributed by atoms with Crippen molar-refractivity contribution >= 4 is 16.9 Å². The van der Waals surface area contributed by atoms with Gasteiger partial charge in [-0.2, -0.15) is 0 Å². The summed E-state index contributed by atoms with van der Waals surface area (Å²) in [5, 5.41) is 3.04. The molecule has 8 nitrogen and oxygen atoms in total. The number of piperidine rings is 1. The van der Waals surface area contributed by atoms with E-state index in [2.05, 4.69) is 10.3 Å². The highest BCUT2D eigenvalue weighted by Gasteiger charge is 2.27. The zero-order chi connectivity index (χ0) is 19.7. The Bertz CT molecular complexity index is 988. The van der Waals surface area contributed by atoms with E-state index in [1.165, 1.54) is 12.1 Å². The zero-order valence-electron chi connectivity index (χ0n) is 15.4. The minimum Gasteiger partial charge on any atom is -0.376 e. The molecule has 2 N–H and O–H groups in total. The van der Waals surface area contributed by atoms with E-state index in [0.717, 1.165) is 30.1 Å². The molecule has 1 aromatic heterocycles. The molecule has 0 bridgehead atoms. The van der Waals surface area contributed by atoms with E-state index in [0.29, 0.717) is 38.0 Å². The first kappa shape index (κ1) is 18.7. The van der Waals surface area contributed by atoms with E-state index in [9.17, 15) is 18.8 Å². The minimum atomic E-state index is -0.527. The Morgan fingerprint density at radius 3 is 2.75 bits per heavy atom. The second-order valence-electron chi connectivity index (χ2n) is 7.33. The Balaban J connectivity index is 1.44. The first-order valence-electron chi connectivity index (χ1n) is 9.61. The summed E-state index contributed by atoms with van der Waals surface area (Å²) in [6.07, 6.45) is 3.02. The Morgan fingerprint density at radius 1 is 1.25 bits per heavy atom. The molecule has 28 heavy (non-hydrogen) atoms. The molecule has 0 spiro atoms. The van der Waals surface area contributed by atoms with Gasteiger partial charge in [0, 0.05) is 32.3 Å². The number of H-pyrrole nitrogens is 1. The van der Waals surface area contributed by atoms with Crippen LogP contribution >= 0.6 is 0 Å². The largest absolute Gasteiger partial charge is 0.376 e. The van der Waals surface area contributed by atoms with Gasteiger partial charge in [-0.1, -0.05) is 0 Å². The van der Waals surface area contributed by atoms with E-state index in [1.807, 2.05) is 0 Å². The summed E-state index contributed by atoms with van der Waals surface area (Å²) < 4.78 is 20.2. The van der Waals surface area contributed by atoms with Crippen LogP contribution in [0.2, 0.25) is 0 Å². The van der Waals surface area contributed by atoms with Gasteiger partial charge < -0.3 is 19.9 Å². The van der Waals surface area contributed by atoms with Gasteiger partial charge in [0.25, 0.3) is 5.56 Å². The fraction of sp³-hybridized carbons (Fsp3) is 0.526. The van der Waals surface area contributed by atoms with Crippen molar-refractivity contribution in [2.75, 3.05) is 26.2 Å². The number of fused-ring (bicyclic) bond motifs is 1. The summed E-state index contributed by atoms with van der Waals surface area (Å²) in [6.45, 7) is 2.11. The molecular formula is C19H23FN4O4. The van der Waals surface area contributed by atoms with Gasteiger partial charge in [0.05, 0.1) is 17.0 Å². The van der Waals surface area contributed by atoms with Crippen molar-refractivity contribution in [1.29, 1.82) is 0 Å². The van der Waals surface area contributed by atoms with Crippen molar-refractivity contribution in [2.24, 2.45) is 0 Å². The predicted molar refractivity (Wildman–Crippen MR) is 101 cm³/mol. The first-order chi connectivity index (χ1) is 13.5. The zero-order valence-corrected chi connectivity index (χ0v) is 15.4. The molecule has 2 aliphatic heterocycles. The van der Waals surface area contributed by atoms with Gasteiger partial charge in [-0.3, -0.25) is 9.36 Å². The maximum absolute atomic E-state index is 13.5. The third kappa shape index (κ3) is 3.66. The number of benzene rings is 1. The lowest BCUT2D eigenvalue weighted by Crippen LogP contribution is -2.48. The Hall–Kier alpha value is -2.68. The Kier molecular flexibility index (Phi) is 5.17. The van der Waals surface area contributed by atoms with Crippen molar-refractivity contribution in [3.8, 4) is 0 Å². The molecular weight excluding hydrogens is 367 g/mol. The third-order valence-electron chi connectivity index (χ3n) is 5.51. The lowest BCUT2D eigenvalue weighted by atomic mass is 10.0. The van der Waals surface area contributed by atoms with E-state index < -0.39 is 17.1 Å². The minimum absolute atomic E-state index is 0.0802. The number of likely N-dealkylation sites (tertiary alicyclic amines) is 1. The third-order valence-corrected chi connectivity index (χ3v) is 5.51. The van der Waals surface area contributed by atoms with Gasteiger partial charge in [0.15, 0.2) is 0 Å². The van der Waals surface area contributed by atoms with Crippen molar-refractivity contribution in [3.05, 3.63) is 44.9 Å². The van der Waals surface area contributed by atoms with Crippen molar-refractivity contribution < 1.29 is 13.9 Å². The van der Waals surface area contributed by atoms with Gasteiger partial charge in [-0.25, -0.2) is 14.0 Å². The van der Waals surface area contributed by atoms with Crippen molar-refractivity contribution in [3.63, 3.8) is 0 Å². The monoisotopic (exact) mass is 390 g/mol. The van der Waals surface area contributed by atoms with Crippen LogP contribution in [0, 0.1) is 5.82 Å². The number of aromatic nitrogens is 2. The standard InChI is InChI=1S/C19H23FN4O4/c20-12-3-4-16-15(10-12)17(25)24(19(27)22-16)13-5-7-23(8-6-13)18(26)21-11-14-2-1-9-28-14/h3-4,10,13-14H,1-2,5-9,11H2,(H,21,26)(H,22,27)/t14-/m0/s1. The highest BCUT2D eigenvalue weighted by atomic mass is 19.1. The number of rotatable bonds is 3. The number of urea groups is 1. The fourth-order valence-electron chi connectivity index (χ4n) is 3.98. The summed E-state index contributed by atoms with van der Waals surface area (Å²) in [7, 11) is 0. The van der Waals surface area contributed by atoms with Crippen LogP contribution in [-0.4, -0.2) is 52.8 Å². The van der Waals surface area contributed by atoms with E-state index >= 15 is 0 Å². The summed E-state index contributed by atoms with van der Waals surface area (Å²) in [5.74, 6) is -0.527. The highest BCUT2D eigenvalue weighted by molar-refractivity contribution is 5.77. The number of hydrogen-bond donors (Lipinski definition) is 2. The fourth-order valence-corrected chi connectivity index (χ4v) is 3.98. The van der Waals surface area contributed by atoms with Gasteiger partial charge in [-0.15, -0.1) is 0 Å². The molecule has 2 aliphatic rings. The molecule has 4 rings (SSSR count). The summed E-state index contributed by atoms with van der Waals surface area (Å²) in [4.78, 5) is 41.8. The quantitative estimate of drug-likeness (QED) is 0.827. The average Bonchev–Trinajstić information content (AvgIpc) is 3.21. The highest BCUT2D eigenvalue weighted by Crippen LogP contribution is 2.21. The predicted octanol–water partition coefficient (Wildman–Crippen LogP) is 1.35. The SMILES string of the molecule is O=C(NC[C@@H]1CCCO1)N1CCC(n2c(=O)[nH]c3ccc(F)cc3c2=O)CC1. The Morgan fingerprint density at radius 2 is 2.04 bits per heavy atom. The topological polar surface area (TPSA) is 96.4 Å². The molecule has 0 radical (unpaired) electrons. The van der Waals surface area contributed by atoms with E-state index in [4.69, 9.17) is 4.74 Å². The molecule has 0 unspecified atom stereocenters. The number of hydrogen-bond acceptors (Lipinski definition) is 4. The first-order valence-corrected chi connectivity index (χ1v) is 9.61. The molecule has 0 saturated carbocycles. The molecule has 1 atom stereocenters. The molecule has 1 aromatic carbocycles. The number of carbonyl (C=O) groups is 1. The molecule has 3 heterocycles. The molecule has 2 fully saturated rings. The number of nitrogens with zero attached hydrogens (tertiary/aromatic N) is 2. The lowest BCUT2D eigenvalue weighted by molar-refractivity contribution is 0.107. The summed E-state index contributed by atoms with van der Waals surface area (Å²) >= 11 is 0. The molecule has 2 aromatic rings. The Labute approximate surface area is 160 Å². The van der Waals surface area contributed by atoms with Crippen LogP contribution in [0.15, 0.2) is 27.8 Å². The molecule has 2 saturated heterocycles. The van der Waals surface area contributed by atoms with Crippen LogP contribution in [0.1, 0.15) is 31.7 Å². The number of ether oxygens (including phenoxy) is 1. The summed E-state index contributed by atoms with van der Waals surface area (Å²) in [6, 6.07) is 3.24. The second-order valence-corrected chi connectivity index (χ2v) is 7.33. The second kappa shape index (κ2) is 7.75. The van der Waals surface area contributed by atoms with E-state index in [-0.39, 0.29) is 23.6 Å². The maximum atomic E-state index is 13.5. The van der Waals surface area contributed by atoms with Crippen molar-refractivity contribution in [1.82, 2.24) is 19.8 Å². The molecule has 9 heteroatoms. The van der Waals surface area contributed by atoms with Crippen molar-refractivity contribution in [2.45, 2.75) is 37.8 Å². The van der Waals surface area contributed by atoms with Crippen LogP contribution in [-0.2, 0) is 4.74 Å². The van der Waals surface area contributed by atoms with Gasteiger partial charge in [0.2, 0.25) is 0 Å². The lowest BCUT2D eigenvalue weighted by Gasteiger charge is -2.32. The van der Waals surface area contributed by atoms with Crippen LogP contribution < -0.4 is 16.6 Å². The van der Waals surface area contributed by atoms with E-state index in [1.54, 1.807) is 4.90 Å². The number of halogens is 1. The van der Waals surface area contributed by atoms with Crippen LogP contribution in [0.3, 0.4) is 0 Å². The molecule has 2 amide bonds. The number of nitrogens with one attached hydrogen (secondary N) is 2.